The molecule has 5 heteroatoms. The quantitative estimate of drug-likeness (QED) is 0.258. The zero-order chi connectivity index (χ0) is 10.6. The molecule has 0 amide bonds. The number of amidine groups is 1. The van der Waals surface area contributed by atoms with Crippen LogP contribution in [0.2, 0.25) is 0 Å². The first-order valence-electron chi connectivity index (χ1n) is 4.93. The molecule has 14 heavy (non-hydrogen) atoms. The molecule has 1 aliphatic carbocycles. The highest BCUT2D eigenvalue weighted by molar-refractivity contribution is 5.81. The lowest BCUT2D eigenvalue weighted by molar-refractivity contribution is 0.0199. The van der Waals surface area contributed by atoms with Gasteiger partial charge >= 0.3 is 0 Å². The minimum atomic E-state index is -0.565. The van der Waals surface area contributed by atoms with Gasteiger partial charge in [-0.05, 0) is 19.9 Å². The van der Waals surface area contributed by atoms with Gasteiger partial charge in [0.25, 0.3) is 0 Å². The summed E-state index contributed by atoms with van der Waals surface area (Å²) in [6, 6.07) is 0. The first-order chi connectivity index (χ1) is 6.56. The van der Waals surface area contributed by atoms with Crippen molar-refractivity contribution in [2.24, 2.45) is 10.9 Å². The second-order valence-electron chi connectivity index (χ2n) is 4.20. The number of hydrogen-bond donors (Lipinski definition) is 3. The SMILES string of the molecule is CN(CC(N)=NO)CC1(O)CCCC1. The average Bonchev–Trinajstić information content (AvgIpc) is 2.51. The van der Waals surface area contributed by atoms with Crippen molar-refractivity contribution >= 4 is 5.84 Å². The summed E-state index contributed by atoms with van der Waals surface area (Å²) >= 11 is 0. The van der Waals surface area contributed by atoms with E-state index < -0.39 is 5.60 Å². The monoisotopic (exact) mass is 201 g/mol. The number of rotatable bonds is 4. The van der Waals surface area contributed by atoms with Crippen LogP contribution in [0.15, 0.2) is 5.16 Å². The molecular formula is C9H19N3O2. The van der Waals surface area contributed by atoms with Crippen molar-refractivity contribution in [3.63, 3.8) is 0 Å². The van der Waals surface area contributed by atoms with Crippen molar-refractivity contribution in [1.29, 1.82) is 0 Å². The van der Waals surface area contributed by atoms with Crippen LogP contribution in [0.4, 0.5) is 0 Å². The van der Waals surface area contributed by atoms with Gasteiger partial charge in [-0.25, -0.2) is 0 Å². The first-order valence-corrected chi connectivity index (χ1v) is 4.93. The van der Waals surface area contributed by atoms with Crippen molar-refractivity contribution in [2.75, 3.05) is 20.1 Å². The van der Waals surface area contributed by atoms with Gasteiger partial charge in [-0.15, -0.1) is 0 Å². The van der Waals surface area contributed by atoms with Crippen molar-refractivity contribution < 1.29 is 10.3 Å². The van der Waals surface area contributed by atoms with Gasteiger partial charge in [-0.3, -0.25) is 4.90 Å². The lowest BCUT2D eigenvalue weighted by atomic mass is 10.0. The van der Waals surface area contributed by atoms with Crippen molar-refractivity contribution in [1.82, 2.24) is 4.90 Å². The summed E-state index contributed by atoms with van der Waals surface area (Å²) < 4.78 is 0. The van der Waals surface area contributed by atoms with E-state index in [9.17, 15) is 5.11 Å². The molecule has 4 N–H and O–H groups in total. The Morgan fingerprint density at radius 1 is 1.50 bits per heavy atom. The number of likely N-dealkylation sites (N-methyl/N-ethyl adjacent to an activating group) is 1. The van der Waals surface area contributed by atoms with Crippen molar-refractivity contribution in [3.8, 4) is 0 Å². The third-order valence-electron chi connectivity index (χ3n) is 2.66. The Labute approximate surface area is 84.2 Å². The zero-order valence-corrected chi connectivity index (χ0v) is 8.61. The highest BCUT2D eigenvalue weighted by Gasteiger charge is 2.32. The molecule has 0 aliphatic heterocycles. The third-order valence-corrected chi connectivity index (χ3v) is 2.66. The largest absolute Gasteiger partial charge is 0.409 e. The topological polar surface area (TPSA) is 82.1 Å². The van der Waals surface area contributed by atoms with Crippen LogP contribution in [0, 0.1) is 0 Å². The van der Waals surface area contributed by atoms with Crippen LogP contribution in [0.25, 0.3) is 0 Å². The first kappa shape index (κ1) is 11.3. The van der Waals surface area contributed by atoms with Crippen molar-refractivity contribution in [3.05, 3.63) is 0 Å². The van der Waals surface area contributed by atoms with Crippen LogP contribution in [-0.4, -0.2) is 46.8 Å². The number of nitrogens with zero attached hydrogens (tertiary/aromatic N) is 2. The fourth-order valence-corrected chi connectivity index (χ4v) is 2.06. The Kier molecular flexibility index (Phi) is 3.71. The van der Waals surface area contributed by atoms with E-state index in [0.717, 1.165) is 25.7 Å². The summed E-state index contributed by atoms with van der Waals surface area (Å²) in [5.41, 5.74) is 4.80. The van der Waals surface area contributed by atoms with Gasteiger partial charge in [-0.2, -0.15) is 0 Å². The molecule has 0 atom stereocenters. The van der Waals surface area contributed by atoms with E-state index in [1.807, 2.05) is 11.9 Å². The van der Waals surface area contributed by atoms with E-state index in [2.05, 4.69) is 5.16 Å². The van der Waals surface area contributed by atoms with E-state index in [0.29, 0.717) is 13.1 Å². The molecule has 0 aromatic carbocycles. The summed E-state index contributed by atoms with van der Waals surface area (Å²) in [7, 11) is 1.86. The standard InChI is InChI=1S/C9H19N3O2/c1-12(6-8(10)11-14)7-9(13)4-2-3-5-9/h13-14H,2-7H2,1H3,(H2,10,11). The number of nitrogens with two attached hydrogens (primary N) is 1. The molecule has 5 nitrogen and oxygen atoms in total. The molecule has 0 spiro atoms. The Hall–Kier alpha value is -0.810. The molecule has 0 heterocycles. The lowest BCUT2D eigenvalue weighted by Crippen LogP contribution is -2.42. The minimum Gasteiger partial charge on any atom is -0.409 e. The van der Waals surface area contributed by atoms with Crippen LogP contribution in [0.3, 0.4) is 0 Å². The van der Waals surface area contributed by atoms with Crippen LogP contribution in [-0.2, 0) is 0 Å². The van der Waals surface area contributed by atoms with Gasteiger partial charge in [-0.1, -0.05) is 18.0 Å². The maximum absolute atomic E-state index is 10.1. The van der Waals surface area contributed by atoms with Crippen LogP contribution < -0.4 is 5.73 Å². The summed E-state index contributed by atoms with van der Waals surface area (Å²) in [5.74, 6) is 0.175. The lowest BCUT2D eigenvalue weighted by Gasteiger charge is -2.28. The molecular weight excluding hydrogens is 182 g/mol. The molecule has 1 rings (SSSR count). The molecule has 0 saturated heterocycles. The van der Waals surface area contributed by atoms with Crippen LogP contribution in [0.1, 0.15) is 25.7 Å². The van der Waals surface area contributed by atoms with Gasteiger partial charge in [0.2, 0.25) is 0 Å². The molecule has 0 radical (unpaired) electrons. The molecule has 1 fully saturated rings. The second kappa shape index (κ2) is 4.61. The van der Waals surface area contributed by atoms with Gasteiger partial charge in [0, 0.05) is 6.54 Å². The normalized spacial score (nSPS) is 21.8. The van der Waals surface area contributed by atoms with E-state index in [-0.39, 0.29) is 5.84 Å². The van der Waals surface area contributed by atoms with Gasteiger partial charge in [0.1, 0.15) is 0 Å². The number of aliphatic hydroxyl groups is 1. The van der Waals surface area contributed by atoms with Gasteiger partial charge in [0.15, 0.2) is 5.84 Å². The highest BCUT2D eigenvalue weighted by Crippen LogP contribution is 2.29. The molecule has 0 aromatic rings. The fourth-order valence-electron chi connectivity index (χ4n) is 2.06. The summed E-state index contributed by atoms with van der Waals surface area (Å²) in [6.45, 7) is 0.974. The molecule has 82 valence electrons. The van der Waals surface area contributed by atoms with Crippen LogP contribution >= 0.6 is 0 Å². The highest BCUT2D eigenvalue weighted by atomic mass is 16.4. The molecule has 0 bridgehead atoms. The van der Waals surface area contributed by atoms with E-state index in [1.54, 1.807) is 0 Å². The smallest absolute Gasteiger partial charge is 0.153 e. The summed E-state index contributed by atoms with van der Waals surface area (Å²) in [6.07, 6.45) is 3.89. The predicted octanol–water partition coefficient (Wildman–Crippen LogP) is -0.0303. The summed E-state index contributed by atoms with van der Waals surface area (Å²) in [5, 5.41) is 21.3. The average molecular weight is 201 g/mol. The number of oxime groups is 1. The Morgan fingerprint density at radius 3 is 2.57 bits per heavy atom. The predicted molar refractivity (Wildman–Crippen MR) is 54.3 cm³/mol. The maximum Gasteiger partial charge on any atom is 0.153 e. The molecule has 1 saturated carbocycles. The Morgan fingerprint density at radius 2 is 2.07 bits per heavy atom. The minimum absolute atomic E-state index is 0.175. The Bertz CT molecular complexity index is 212. The van der Waals surface area contributed by atoms with Gasteiger partial charge < -0.3 is 16.0 Å². The van der Waals surface area contributed by atoms with E-state index >= 15 is 0 Å². The van der Waals surface area contributed by atoms with Crippen molar-refractivity contribution in [2.45, 2.75) is 31.3 Å². The molecule has 0 aromatic heterocycles. The van der Waals surface area contributed by atoms with E-state index in [4.69, 9.17) is 10.9 Å². The zero-order valence-electron chi connectivity index (χ0n) is 8.61. The second-order valence-corrected chi connectivity index (χ2v) is 4.20. The fraction of sp³-hybridized carbons (Fsp3) is 0.889. The van der Waals surface area contributed by atoms with E-state index in [1.165, 1.54) is 0 Å². The van der Waals surface area contributed by atoms with Gasteiger partial charge in [0.05, 0.1) is 12.1 Å². The van der Waals surface area contributed by atoms with Crippen LogP contribution in [0.5, 0.6) is 0 Å². The summed E-state index contributed by atoms with van der Waals surface area (Å²) in [4.78, 5) is 1.88. The molecule has 0 unspecified atom stereocenters. The molecule has 1 aliphatic rings. The third kappa shape index (κ3) is 3.16. The maximum atomic E-state index is 10.1. The number of hydrogen-bond acceptors (Lipinski definition) is 4. The Balaban J connectivity index is 2.36.